The van der Waals surface area contributed by atoms with Gasteiger partial charge in [-0.1, -0.05) is 25.7 Å². The lowest BCUT2D eigenvalue weighted by molar-refractivity contribution is 0.0679. The Morgan fingerprint density at radius 3 is 2.08 bits per heavy atom. The molecule has 13 heavy (non-hydrogen) atoms. The molecule has 1 unspecified atom stereocenters. The first-order valence-corrected chi connectivity index (χ1v) is 5.32. The molecule has 0 aromatic rings. The summed E-state index contributed by atoms with van der Waals surface area (Å²) < 4.78 is 0. The van der Waals surface area contributed by atoms with Crippen LogP contribution in [0.2, 0.25) is 0 Å². The van der Waals surface area contributed by atoms with Crippen LogP contribution < -0.4 is 0 Å². The van der Waals surface area contributed by atoms with Crippen molar-refractivity contribution < 1.29 is 10.2 Å². The predicted molar refractivity (Wildman–Crippen MR) is 55.7 cm³/mol. The van der Waals surface area contributed by atoms with Gasteiger partial charge in [-0.25, -0.2) is 0 Å². The Hall–Kier alpha value is -0.0800. The van der Waals surface area contributed by atoms with Gasteiger partial charge in [0.2, 0.25) is 0 Å². The van der Waals surface area contributed by atoms with Gasteiger partial charge in [0.05, 0.1) is 11.7 Å². The molecule has 1 atom stereocenters. The fourth-order valence-electron chi connectivity index (χ4n) is 1.35. The number of rotatable bonds is 7. The Kier molecular flexibility index (Phi) is 6.35. The number of hydrogen-bond donors (Lipinski definition) is 2. The third kappa shape index (κ3) is 11.9. The van der Waals surface area contributed by atoms with Crippen LogP contribution >= 0.6 is 0 Å². The van der Waals surface area contributed by atoms with Crippen molar-refractivity contribution in [3.63, 3.8) is 0 Å². The summed E-state index contributed by atoms with van der Waals surface area (Å²) in [5.41, 5.74) is -0.510. The van der Waals surface area contributed by atoms with Gasteiger partial charge in [0.1, 0.15) is 0 Å². The van der Waals surface area contributed by atoms with Crippen LogP contribution in [0.3, 0.4) is 0 Å². The maximum atomic E-state index is 9.42. The molecule has 80 valence electrons. The SMILES string of the molecule is CC(O)CCCCCCC(C)(C)O. The summed E-state index contributed by atoms with van der Waals surface area (Å²) in [5.74, 6) is 0. The van der Waals surface area contributed by atoms with E-state index in [9.17, 15) is 5.11 Å². The standard InChI is InChI=1S/C11H24O2/c1-10(12)8-6-4-5-7-9-11(2,3)13/h10,12-13H,4-9H2,1-3H3. The Morgan fingerprint density at radius 1 is 1.08 bits per heavy atom. The number of aliphatic hydroxyl groups is 2. The Morgan fingerprint density at radius 2 is 1.62 bits per heavy atom. The highest BCUT2D eigenvalue weighted by molar-refractivity contribution is 4.64. The zero-order valence-corrected chi connectivity index (χ0v) is 9.21. The minimum absolute atomic E-state index is 0.158. The van der Waals surface area contributed by atoms with E-state index in [-0.39, 0.29) is 6.10 Å². The third-order valence-electron chi connectivity index (χ3n) is 2.16. The molecule has 0 amide bonds. The molecular weight excluding hydrogens is 164 g/mol. The van der Waals surface area contributed by atoms with Crippen molar-refractivity contribution in [2.75, 3.05) is 0 Å². The maximum absolute atomic E-state index is 9.42. The lowest BCUT2D eigenvalue weighted by Crippen LogP contribution is -2.17. The summed E-state index contributed by atoms with van der Waals surface area (Å²) in [7, 11) is 0. The van der Waals surface area contributed by atoms with Crippen LogP contribution in [0.5, 0.6) is 0 Å². The zero-order valence-electron chi connectivity index (χ0n) is 9.21. The van der Waals surface area contributed by atoms with Gasteiger partial charge in [-0.3, -0.25) is 0 Å². The number of unbranched alkanes of at least 4 members (excludes halogenated alkanes) is 3. The second kappa shape index (κ2) is 6.39. The molecule has 0 aliphatic heterocycles. The summed E-state index contributed by atoms with van der Waals surface area (Å²) in [6, 6.07) is 0. The molecule has 0 spiro atoms. The minimum Gasteiger partial charge on any atom is -0.393 e. The topological polar surface area (TPSA) is 40.5 Å². The van der Waals surface area contributed by atoms with E-state index in [2.05, 4.69) is 0 Å². The fourth-order valence-corrected chi connectivity index (χ4v) is 1.35. The van der Waals surface area contributed by atoms with E-state index in [0.29, 0.717) is 0 Å². The van der Waals surface area contributed by atoms with Gasteiger partial charge in [0.15, 0.2) is 0 Å². The third-order valence-corrected chi connectivity index (χ3v) is 2.16. The van der Waals surface area contributed by atoms with Crippen molar-refractivity contribution in [3.05, 3.63) is 0 Å². The highest BCUT2D eigenvalue weighted by Gasteiger charge is 2.10. The highest BCUT2D eigenvalue weighted by atomic mass is 16.3. The molecule has 0 aromatic heterocycles. The van der Waals surface area contributed by atoms with Crippen molar-refractivity contribution >= 4 is 0 Å². The molecule has 2 N–H and O–H groups in total. The first-order chi connectivity index (χ1) is 5.92. The molecule has 0 fully saturated rings. The summed E-state index contributed by atoms with van der Waals surface area (Å²) in [5, 5.41) is 18.4. The number of aliphatic hydroxyl groups excluding tert-OH is 1. The van der Waals surface area contributed by atoms with Crippen LogP contribution in [-0.4, -0.2) is 21.9 Å². The molecule has 0 heterocycles. The van der Waals surface area contributed by atoms with E-state index < -0.39 is 5.60 Å². The summed E-state index contributed by atoms with van der Waals surface area (Å²) in [6.07, 6.45) is 6.14. The molecule has 0 rings (SSSR count). The van der Waals surface area contributed by atoms with Crippen LogP contribution in [0.1, 0.15) is 59.3 Å². The van der Waals surface area contributed by atoms with Gasteiger partial charge >= 0.3 is 0 Å². The molecule has 2 nitrogen and oxygen atoms in total. The average Bonchev–Trinajstić information content (AvgIpc) is 1.93. The van der Waals surface area contributed by atoms with Crippen molar-refractivity contribution in [1.29, 1.82) is 0 Å². The van der Waals surface area contributed by atoms with Crippen LogP contribution in [-0.2, 0) is 0 Å². The van der Waals surface area contributed by atoms with E-state index in [1.165, 1.54) is 6.42 Å². The minimum atomic E-state index is -0.510. The van der Waals surface area contributed by atoms with E-state index in [4.69, 9.17) is 5.11 Å². The molecular formula is C11H24O2. The van der Waals surface area contributed by atoms with Crippen molar-refractivity contribution in [2.45, 2.75) is 71.0 Å². The summed E-state index contributed by atoms with van der Waals surface area (Å²) in [4.78, 5) is 0. The monoisotopic (exact) mass is 188 g/mol. The van der Waals surface area contributed by atoms with Gasteiger partial charge in [0, 0.05) is 0 Å². The van der Waals surface area contributed by atoms with Crippen LogP contribution in [0.15, 0.2) is 0 Å². The lowest BCUT2D eigenvalue weighted by Gasteiger charge is -2.16. The molecule has 0 aliphatic rings. The van der Waals surface area contributed by atoms with Crippen LogP contribution in [0, 0.1) is 0 Å². The second-order valence-electron chi connectivity index (χ2n) is 4.61. The van der Waals surface area contributed by atoms with Crippen LogP contribution in [0.25, 0.3) is 0 Å². The number of hydrogen-bond acceptors (Lipinski definition) is 2. The molecule has 0 saturated carbocycles. The Balaban J connectivity index is 3.09. The largest absolute Gasteiger partial charge is 0.393 e. The fraction of sp³-hybridized carbons (Fsp3) is 1.00. The molecule has 0 aromatic carbocycles. The lowest BCUT2D eigenvalue weighted by atomic mass is 10.00. The van der Waals surface area contributed by atoms with Gasteiger partial charge in [0.25, 0.3) is 0 Å². The summed E-state index contributed by atoms with van der Waals surface area (Å²) in [6.45, 7) is 5.53. The Bertz CT molecular complexity index is 114. The molecule has 2 heteroatoms. The van der Waals surface area contributed by atoms with Gasteiger partial charge in [-0.15, -0.1) is 0 Å². The van der Waals surface area contributed by atoms with Crippen molar-refractivity contribution in [3.8, 4) is 0 Å². The predicted octanol–water partition coefficient (Wildman–Crippen LogP) is 2.48. The van der Waals surface area contributed by atoms with E-state index >= 15 is 0 Å². The maximum Gasteiger partial charge on any atom is 0.0591 e. The first kappa shape index (κ1) is 12.9. The van der Waals surface area contributed by atoms with Crippen molar-refractivity contribution in [1.82, 2.24) is 0 Å². The molecule has 0 radical (unpaired) electrons. The normalized spacial score (nSPS) is 14.5. The van der Waals surface area contributed by atoms with Crippen molar-refractivity contribution in [2.24, 2.45) is 0 Å². The molecule has 0 bridgehead atoms. The molecule has 0 aliphatic carbocycles. The molecule has 0 saturated heterocycles. The van der Waals surface area contributed by atoms with E-state index in [0.717, 1.165) is 32.1 Å². The van der Waals surface area contributed by atoms with Gasteiger partial charge in [-0.2, -0.15) is 0 Å². The second-order valence-corrected chi connectivity index (χ2v) is 4.61. The van der Waals surface area contributed by atoms with Crippen LogP contribution in [0.4, 0.5) is 0 Å². The van der Waals surface area contributed by atoms with Gasteiger partial charge < -0.3 is 10.2 Å². The quantitative estimate of drug-likeness (QED) is 0.603. The first-order valence-electron chi connectivity index (χ1n) is 5.32. The highest BCUT2D eigenvalue weighted by Crippen LogP contribution is 2.14. The zero-order chi connectivity index (χ0) is 10.3. The van der Waals surface area contributed by atoms with E-state index in [1.54, 1.807) is 0 Å². The smallest absolute Gasteiger partial charge is 0.0591 e. The average molecular weight is 188 g/mol. The van der Waals surface area contributed by atoms with Gasteiger partial charge in [-0.05, 0) is 33.6 Å². The van der Waals surface area contributed by atoms with E-state index in [1.807, 2.05) is 20.8 Å². The Labute approximate surface area is 82.0 Å². The summed E-state index contributed by atoms with van der Waals surface area (Å²) >= 11 is 0.